The summed E-state index contributed by atoms with van der Waals surface area (Å²) in [6, 6.07) is 6.39. The first kappa shape index (κ1) is 17.7. The zero-order chi connectivity index (χ0) is 14.4. The molecule has 0 atom stereocenters. The molecule has 0 amide bonds. The Kier molecular flexibility index (Phi) is 7.43. The second-order valence-corrected chi connectivity index (χ2v) is 4.78. The molecule has 1 aliphatic heterocycles. The Morgan fingerprint density at radius 2 is 2.14 bits per heavy atom. The summed E-state index contributed by atoms with van der Waals surface area (Å²) in [6.45, 7) is 5.04. The Hall–Kier alpha value is -1.36. The summed E-state index contributed by atoms with van der Waals surface area (Å²) >= 11 is 0. The van der Waals surface area contributed by atoms with E-state index in [4.69, 9.17) is 5.26 Å². The number of benzene rings is 1. The average Bonchev–Trinajstić information content (AvgIpc) is 2.99. The standard InChI is InChI=1S/C15H19FN4.HI/c1-2-18-15(20-7-3-4-8-20)19-11-13-9-12(10-17)5-6-14(13)16;/h5-6,9H,2-4,7-8,11H2,1H3,(H,18,19);1H. The highest BCUT2D eigenvalue weighted by atomic mass is 127. The van der Waals surface area contributed by atoms with Gasteiger partial charge in [-0.15, -0.1) is 24.0 Å². The van der Waals surface area contributed by atoms with Crippen LogP contribution in [0.25, 0.3) is 0 Å². The first-order chi connectivity index (χ1) is 9.74. The number of rotatable bonds is 3. The van der Waals surface area contributed by atoms with Gasteiger partial charge in [0.05, 0.1) is 18.2 Å². The second-order valence-electron chi connectivity index (χ2n) is 4.78. The van der Waals surface area contributed by atoms with Crippen LogP contribution in [0.15, 0.2) is 23.2 Å². The number of halogens is 2. The van der Waals surface area contributed by atoms with Gasteiger partial charge in [0.2, 0.25) is 0 Å². The highest BCUT2D eigenvalue weighted by molar-refractivity contribution is 14.0. The van der Waals surface area contributed by atoms with Crippen LogP contribution < -0.4 is 5.32 Å². The summed E-state index contributed by atoms with van der Waals surface area (Å²) < 4.78 is 13.7. The second kappa shape index (κ2) is 8.82. The maximum atomic E-state index is 13.7. The van der Waals surface area contributed by atoms with Gasteiger partial charge in [0, 0.05) is 25.2 Å². The van der Waals surface area contributed by atoms with E-state index < -0.39 is 0 Å². The fourth-order valence-electron chi connectivity index (χ4n) is 2.28. The molecule has 1 aromatic rings. The van der Waals surface area contributed by atoms with Crippen LogP contribution in [0, 0.1) is 17.1 Å². The third-order valence-corrected chi connectivity index (χ3v) is 3.31. The van der Waals surface area contributed by atoms with Gasteiger partial charge in [-0.1, -0.05) is 0 Å². The van der Waals surface area contributed by atoms with Gasteiger partial charge in [0.15, 0.2) is 5.96 Å². The van der Waals surface area contributed by atoms with Gasteiger partial charge < -0.3 is 10.2 Å². The first-order valence-electron chi connectivity index (χ1n) is 6.96. The molecular weight excluding hydrogens is 382 g/mol. The van der Waals surface area contributed by atoms with Gasteiger partial charge in [0.1, 0.15) is 5.82 Å². The molecule has 4 nitrogen and oxygen atoms in total. The molecule has 0 saturated carbocycles. The number of nitrogens with one attached hydrogen (secondary N) is 1. The summed E-state index contributed by atoms with van der Waals surface area (Å²) in [5.41, 5.74) is 0.918. The van der Waals surface area contributed by atoms with Crippen molar-refractivity contribution in [3.63, 3.8) is 0 Å². The molecule has 0 spiro atoms. The highest BCUT2D eigenvalue weighted by Crippen LogP contribution is 2.13. The maximum absolute atomic E-state index is 13.7. The minimum absolute atomic E-state index is 0. The molecule has 21 heavy (non-hydrogen) atoms. The third-order valence-electron chi connectivity index (χ3n) is 3.31. The first-order valence-corrected chi connectivity index (χ1v) is 6.96. The van der Waals surface area contributed by atoms with E-state index in [0.717, 1.165) is 25.6 Å². The van der Waals surface area contributed by atoms with Gasteiger partial charge in [0.25, 0.3) is 0 Å². The van der Waals surface area contributed by atoms with Crippen molar-refractivity contribution >= 4 is 29.9 Å². The summed E-state index contributed by atoms with van der Waals surface area (Å²) in [4.78, 5) is 6.67. The molecule has 0 unspecified atom stereocenters. The number of nitrogens with zero attached hydrogens (tertiary/aromatic N) is 3. The average molecular weight is 402 g/mol. The Balaban J connectivity index is 0.00000220. The number of likely N-dealkylation sites (tertiary alicyclic amines) is 1. The summed E-state index contributed by atoms with van der Waals surface area (Å²) in [7, 11) is 0. The molecule has 1 heterocycles. The minimum atomic E-state index is -0.315. The van der Waals surface area contributed by atoms with E-state index in [0.29, 0.717) is 11.1 Å². The van der Waals surface area contributed by atoms with Crippen molar-refractivity contribution in [1.29, 1.82) is 5.26 Å². The number of hydrogen-bond donors (Lipinski definition) is 1. The third kappa shape index (κ3) is 4.84. The quantitative estimate of drug-likeness (QED) is 0.481. The molecule has 1 aliphatic rings. The summed E-state index contributed by atoms with van der Waals surface area (Å²) in [6.07, 6.45) is 2.34. The van der Waals surface area contributed by atoms with Crippen LogP contribution in [-0.2, 0) is 6.54 Å². The number of nitriles is 1. The van der Waals surface area contributed by atoms with Crippen molar-refractivity contribution < 1.29 is 4.39 Å². The molecule has 6 heteroatoms. The van der Waals surface area contributed by atoms with Crippen LogP contribution in [0.2, 0.25) is 0 Å². The zero-order valence-corrected chi connectivity index (χ0v) is 14.4. The lowest BCUT2D eigenvalue weighted by atomic mass is 10.1. The molecule has 114 valence electrons. The molecular formula is C15H20FIN4. The number of guanidine groups is 1. The molecule has 1 N–H and O–H groups in total. The predicted molar refractivity (Wildman–Crippen MR) is 92.2 cm³/mol. The van der Waals surface area contributed by atoms with E-state index in [2.05, 4.69) is 15.2 Å². The van der Waals surface area contributed by atoms with Crippen molar-refractivity contribution in [3.05, 3.63) is 35.1 Å². The number of aliphatic imine (C=N–C) groups is 1. The molecule has 1 fully saturated rings. The molecule has 0 radical (unpaired) electrons. The van der Waals surface area contributed by atoms with Crippen molar-refractivity contribution in [3.8, 4) is 6.07 Å². The van der Waals surface area contributed by atoms with E-state index in [1.165, 1.54) is 25.0 Å². The van der Waals surface area contributed by atoms with E-state index in [1.807, 2.05) is 13.0 Å². The van der Waals surface area contributed by atoms with Crippen LogP contribution in [0.3, 0.4) is 0 Å². The smallest absolute Gasteiger partial charge is 0.194 e. The molecule has 0 aromatic heterocycles. The lowest BCUT2D eigenvalue weighted by molar-refractivity contribution is 0.493. The fourth-order valence-corrected chi connectivity index (χ4v) is 2.28. The SMILES string of the molecule is CCNC(=NCc1cc(C#N)ccc1F)N1CCCC1.I. The topological polar surface area (TPSA) is 51.4 Å². The summed E-state index contributed by atoms with van der Waals surface area (Å²) in [5.74, 6) is 0.511. The van der Waals surface area contributed by atoms with Gasteiger partial charge >= 0.3 is 0 Å². The zero-order valence-electron chi connectivity index (χ0n) is 12.1. The monoisotopic (exact) mass is 402 g/mol. The Bertz CT molecular complexity index is 533. The Labute approximate surface area is 142 Å². The van der Waals surface area contributed by atoms with Crippen molar-refractivity contribution in [2.24, 2.45) is 4.99 Å². The van der Waals surface area contributed by atoms with E-state index in [1.54, 1.807) is 6.07 Å². The highest BCUT2D eigenvalue weighted by Gasteiger charge is 2.15. The van der Waals surface area contributed by atoms with Gasteiger partial charge in [-0.25, -0.2) is 9.38 Å². The van der Waals surface area contributed by atoms with Gasteiger partial charge in [-0.2, -0.15) is 5.26 Å². The molecule has 0 aliphatic carbocycles. The van der Waals surface area contributed by atoms with Crippen molar-refractivity contribution in [2.75, 3.05) is 19.6 Å². The van der Waals surface area contributed by atoms with Crippen LogP contribution >= 0.6 is 24.0 Å². The van der Waals surface area contributed by atoms with Crippen LogP contribution in [0.4, 0.5) is 4.39 Å². The molecule has 1 aromatic carbocycles. The van der Waals surface area contributed by atoms with Crippen LogP contribution in [0.5, 0.6) is 0 Å². The molecule has 0 bridgehead atoms. The van der Waals surface area contributed by atoms with Crippen LogP contribution in [0.1, 0.15) is 30.9 Å². The van der Waals surface area contributed by atoms with E-state index in [9.17, 15) is 4.39 Å². The summed E-state index contributed by atoms with van der Waals surface area (Å²) in [5, 5.41) is 12.1. The van der Waals surface area contributed by atoms with Crippen molar-refractivity contribution in [1.82, 2.24) is 10.2 Å². The molecule has 1 saturated heterocycles. The lowest BCUT2D eigenvalue weighted by Crippen LogP contribution is -2.39. The van der Waals surface area contributed by atoms with E-state index >= 15 is 0 Å². The minimum Gasteiger partial charge on any atom is -0.357 e. The lowest BCUT2D eigenvalue weighted by Gasteiger charge is -2.20. The fraction of sp³-hybridized carbons (Fsp3) is 0.467. The Morgan fingerprint density at radius 3 is 2.76 bits per heavy atom. The molecule has 2 rings (SSSR count). The van der Waals surface area contributed by atoms with Crippen LogP contribution in [-0.4, -0.2) is 30.5 Å². The maximum Gasteiger partial charge on any atom is 0.194 e. The van der Waals surface area contributed by atoms with E-state index in [-0.39, 0.29) is 36.3 Å². The largest absolute Gasteiger partial charge is 0.357 e. The van der Waals surface area contributed by atoms with Gasteiger partial charge in [-0.3, -0.25) is 0 Å². The van der Waals surface area contributed by atoms with Crippen molar-refractivity contribution in [2.45, 2.75) is 26.3 Å². The van der Waals surface area contributed by atoms with Gasteiger partial charge in [-0.05, 0) is 38.0 Å². The predicted octanol–water partition coefficient (Wildman–Crippen LogP) is 2.88. The Morgan fingerprint density at radius 1 is 1.43 bits per heavy atom. The number of hydrogen-bond acceptors (Lipinski definition) is 2. The normalized spacial score (nSPS) is 14.5.